The molecule has 0 saturated carbocycles. The number of halogens is 3. The third kappa shape index (κ3) is 6.78. The molecular weight excluding hydrogens is 527 g/mol. The molecule has 0 heterocycles. The molecule has 1 N–H and O–H groups in total. The molecular formula is C26H27Cl3N2O3S. The summed E-state index contributed by atoms with van der Waals surface area (Å²) in [5.41, 5.74) is 4.86. The van der Waals surface area contributed by atoms with Crippen LogP contribution in [0.15, 0.2) is 59.5 Å². The van der Waals surface area contributed by atoms with E-state index in [1.165, 1.54) is 35.9 Å². The van der Waals surface area contributed by atoms with Gasteiger partial charge in [-0.1, -0.05) is 53.0 Å². The molecule has 1 amide bonds. The van der Waals surface area contributed by atoms with Crippen LogP contribution in [0.25, 0.3) is 0 Å². The van der Waals surface area contributed by atoms with Gasteiger partial charge in [0, 0.05) is 21.6 Å². The first-order valence-electron chi connectivity index (χ1n) is 10.9. The lowest BCUT2D eigenvalue weighted by molar-refractivity contribution is -0.122. The standard InChI is InChI=1S/C26H27Cl3N2O3S/c1-16-11-18(3)24(12-17(16)2)19(4)30-26(32)15-31(14-20-5-6-22(28)13-25(20)29)35(33,34)23-9-7-21(27)8-10-23/h5-13,19H,14-15H2,1-4H3,(H,30,32)/t19-/m1/s1. The van der Waals surface area contributed by atoms with Crippen LogP contribution in [0.1, 0.15) is 40.8 Å². The fourth-order valence-electron chi connectivity index (χ4n) is 3.80. The van der Waals surface area contributed by atoms with Crippen molar-refractivity contribution in [2.24, 2.45) is 0 Å². The second kappa shape index (κ2) is 11.3. The number of nitrogens with zero attached hydrogens (tertiary/aromatic N) is 1. The van der Waals surface area contributed by atoms with Crippen molar-refractivity contribution < 1.29 is 13.2 Å². The molecule has 3 rings (SSSR count). The highest BCUT2D eigenvalue weighted by molar-refractivity contribution is 7.89. The lowest BCUT2D eigenvalue weighted by atomic mass is 9.96. The maximum atomic E-state index is 13.5. The Balaban J connectivity index is 1.89. The molecule has 35 heavy (non-hydrogen) atoms. The van der Waals surface area contributed by atoms with E-state index in [9.17, 15) is 13.2 Å². The molecule has 0 fully saturated rings. The van der Waals surface area contributed by atoms with Crippen LogP contribution in [-0.2, 0) is 21.4 Å². The third-order valence-corrected chi connectivity index (χ3v) is 8.50. The molecule has 0 aliphatic rings. The molecule has 0 saturated heterocycles. The van der Waals surface area contributed by atoms with E-state index in [0.29, 0.717) is 20.6 Å². The fourth-order valence-corrected chi connectivity index (χ4v) is 5.76. The second-order valence-electron chi connectivity index (χ2n) is 8.55. The molecule has 5 nitrogen and oxygen atoms in total. The Bertz CT molecular complexity index is 1340. The predicted molar refractivity (Wildman–Crippen MR) is 143 cm³/mol. The molecule has 0 unspecified atom stereocenters. The van der Waals surface area contributed by atoms with Gasteiger partial charge in [0.1, 0.15) is 0 Å². The fraction of sp³-hybridized carbons (Fsp3) is 0.269. The minimum atomic E-state index is -4.04. The van der Waals surface area contributed by atoms with Crippen LogP contribution in [0.2, 0.25) is 15.1 Å². The molecule has 3 aromatic carbocycles. The number of carbonyl (C=O) groups excluding carboxylic acids is 1. The van der Waals surface area contributed by atoms with Gasteiger partial charge in [0.2, 0.25) is 15.9 Å². The normalized spacial score (nSPS) is 12.6. The summed E-state index contributed by atoms with van der Waals surface area (Å²) in [6.07, 6.45) is 0. The van der Waals surface area contributed by atoms with E-state index >= 15 is 0 Å². The highest BCUT2D eigenvalue weighted by Gasteiger charge is 2.28. The average molecular weight is 554 g/mol. The predicted octanol–water partition coefficient (Wildman–Crippen LogP) is 6.64. The molecule has 9 heteroatoms. The zero-order chi connectivity index (χ0) is 25.9. The van der Waals surface area contributed by atoms with Gasteiger partial charge in [-0.2, -0.15) is 4.31 Å². The van der Waals surface area contributed by atoms with Crippen LogP contribution >= 0.6 is 34.8 Å². The Kier molecular flexibility index (Phi) is 8.89. The summed E-state index contributed by atoms with van der Waals surface area (Å²) in [6.45, 7) is 7.43. The van der Waals surface area contributed by atoms with Crippen LogP contribution in [0.3, 0.4) is 0 Å². The molecule has 0 bridgehead atoms. The summed E-state index contributed by atoms with van der Waals surface area (Å²) >= 11 is 18.2. The van der Waals surface area contributed by atoms with Gasteiger partial charge in [0.15, 0.2) is 0 Å². The van der Waals surface area contributed by atoms with Crippen molar-refractivity contribution in [2.45, 2.75) is 45.2 Å². The highest BCUT2D eigenvalue weighted by Crippen LogP contribution is 2.26. The molecule has 3 aromatic rings. The van der Waals surface area contributed by atoms with Crippen LogP contribution in [0.4, 0.5) is 0 Å². The number of nitrogens with one attached hydrogen (secondary N) is 1. The highest BCUT2D eigenvalue weighted by atomic mass is 35.5. The van der Waals surface area contributed by atoms with E-state index in [2.05, 4.69) is 11.4 Å². The lowest BCUT2D eigenvalue weighted by Gasteiger charge is -2.24. The Morgan fingerprint density at radius 1 is 0.886 bits per heavy atom. The van der Waals surface area contributed by atoms with E-state index in [1.54, 1.807) is 12.1 Å². The van der Waals surface area contributed by atoms with Crippen molar-refractivity contribution in [1.29, 1.82) is 0 Å². The SMILES string of the molecule is Cc1cc(C)c([C@@H](C)NC(=O)CN(Cc2ccc(Cl)cc2Cl)S(=O)(=O)c2ccc(Cl)cc2)cc1C. The Morgan fingerprint density at radius 2 is 1.49 bits per heavy atom. The van der Waals surface area contributed by atoms with Crippen LogP contribution < -0.4 is 5.32 Å². The van der Waals surface area contributed by atoms with Crippen molar-refractivity contribution in [3.05, 3.63) is 97.5 Å². The van der Waals surface area contributed by atoms with Gasteiger partial charge in [-0.25, -0.2) is 8.42 Å². The van der Waals surface area contributed by atoms with Crippen molar-refractivity contribution in [1.82, 2.24) is 9.62 Å². The van der Waals surface area contributed by atoms with Crippen LogP contribution in [0.5, 0.6) is 0 Å². The summed E-state index contributed by atoms with van der Waals surface area (Å²) in [5, 5.41) is 4.09. The number of aryl methyl sites for hydroxylation is 3. The van der Waals surface area contributed by atoms with Gasteiger partial charge >= 0.3 is 0 Å². The van der Waals surface area contributed by atoms with E-state index in [0.717, 1.165) is 21.0 Å². The number of carbonyl (C=O) groups is 1. The number of hydrogen-bond donors (Lipinski definition) is 1. The smallest absolute Gasteiger partial charge is 0.243 e. The maximum absolute atomic E-state index is 13.5. The van der Waals surface area contributed by atoms with Crippen molar-refractivity contribution in [3.63, 3.8) is 0 Å². The molecule has 0 radical (unpaired) electrons. The summed E-state index contributed by atoms with van der Waals surface area (Å²) < 4.78 is 28.1. The van der Waals surface area contributed by atoms with E-state index in [1.807, 2.05) is 33.8 Å². The van der Waals surface area contributed by atoms with Gasteiger partial charge in [0.05, 0.1) is 17.5 Å². The van der Waals surface area contributed by atoms with Gasteiger partial charge < -0.3 is 5.32 Å². The minimum absolute atomic E-state index is 0.0258. The quantitative estimate of drug-likeness (QED) is 0.340. The third-order valence-electron chi connectivity index (χ3n) is 5.86. The van der Waals surface area contributed by atoms with Crippen LogP contribution in [-0.4, -0.2) is 25.2 Å². The van der Waals surface area contributed by atoms with E-state index in [4.69, 9.17) is 34.8 Å². The molecule has 1 atom stereocenters. The van der Waals surface area contributed by atoms with Gasteiger partial charge in [-0.15, -0.1) is 0 Å². The van der Waals surface area contributed by atoms with Gasteiger partial charge in [0.25, 0.3) is 0 Å². The van der Waals surface area contributed by atoms with Gasteiger partial charge in [-0.3, -0.25) is 4.79 Å². The molecule has 0 aromatic heterocycles. The largest absolute Gasteiger partial charge is 0.348 e. The number of benzene rings is 3. The number of rotatable bonds is 8. The van der Waals surface area contributed by atoms with Crippen molar-refractivity contribution >= 4 is 50.7 Å². The van der Waals surface area contributed by atoms with Crippen molar-refractivity contribution in [2.75, 3.05) is 6.54 Å². The number of sulfonamides is 1. The number of hydrogen-bond acceptors (Lipinski definition) is 3. The van der Waals surface area contributed by atoms with E-state index < -0.39 is 22.5 Å². The zero-order valence-corrected chi connectivity index (χ0v) is 23.0. The molecule has 0 aliphatic heterocycles. The zero-order valence-electron chi connectivity index (χ0n) is 19.9. The monoisotopic (exact) mass is 552 g/mol. The molecule has 186 valence electrons. The Labute approximate surface area is 222 Å². The first-order chi connectivity index (χ1) is 16.4. The van der Waals surface area contributed by atoms with Gasteiger partial charge in [-0.05, 0) is 91.9 Å². The first-order valence-corrected chi connectivity index (χ1v) is 13.5. The molecule has 0 spiro atoms. The summed E-state index contributed by atoms with van der Waals surface area (Å²) in [4.78, 5) is 13.1. The lowest BCUT2D eigenvalue weighted by Crippen LogP contribution is -2.41. The molecule has 0 aliphatic carbocycles. The topological polar surface area (TPSA) is 66.5 Å². The van der Waals surface area contributed by atoms with Crippen LogP contribution in [0, 0.1) is 20.8 Å². The number of amides is 1. The Morgan fingerprint density at radius 3 is 2.11 bits per heavy atom. The summed E-state index contributed by atoms with van der Waals surface area (Å²) in [6, 6.07) is 14.4. The Hall–Kier alpha value is -2.09. The maximum Gasteiger partial charge on any atom is 0.243 e. The van der Waals surface area contributed by atoms with E-state index in [-0.39, 0.29) is 17.5 Å². The summed E-state index contributed by atoms with van der Waals surface area (Å²) in [7, 11) is -4.04. The second-order valence-corrected chi connectivity index (χ2v) is 11.8. The first kappa shape index (κ1) is 27.5. The van der Waals surface area contributed by atoms with Crippen molar-refractivity contribution in [3.8, 4) is 0 Å². The minimum Gasteiger partial charge on any atom is -0.348 e. The average Bonchev–Trinajstić information content (AvgIpc) is 2.77. The summed E-state index contributed by atoms with van der Waals surface area (Å²) in [5.74, 6) is -0.433.